The van der Waals surface area contributed by atoms with Gasteiger partial charge in [0.15, 0.2) is 0 Å². The van der Waals surface area contributed by atoms with Crippen LogP contribution in [0, 0.1) is 5.92 Å². The molecule has 1 aliphatic heterocycles. The van der Waals surface area contributed by atoms with Gasteiger partial charge in [-0.15, -0.1) is 0 Å². The van der Waals surface area contributed by atoms with Gasteiger partial charge in [0.05, 0.1) is 0 Å². The van der Waals surface area contributed by atoms with Crippen molar-refractivity contribution in [1.29, 1.82) is 0 Å². The molecule has 2 atom stereocenters. The van der Waals surface area contributed by atoms with E-state index in [9.17, 15) is 4.79 Å². The first-order chi connectivity index (χ1) is 10.8. The third kappa shape index (κ3) is 2.63. The minimum absolute atomic E-state index is 0.162. The topological polar surface area (TPSA) is 48.1 Å². The summed E-state index contributed by atoms with van der Waals surface area (Å²) in [6.45, 7) is 2.74. The van der Waals surface area contributed by atoms with E-state index in [0.717, 1.165) is 24.0 Å². The second-order valence-electron chi connectivity index (χ2n) is 6.71. The highest BCUT2D eigenvalue weighted by molar-refractivity contribution is 5.83. The van der Waals surface area contributed by atoms with E-state index >= 15 is 0 Å². The number of piperidine rings is 1. The summed E-state index contributed by atoms with van der Waals surface area (Å²) in [4.78, 5) is 17.8. The summed E-state index contributed by atoms with van der Waals surface area (Å²) in [7, 11) is 0. The average Bonchev–Trinajstić information content (AvgIpc) is 3.26. The quantitative estimate of drug-likeness (QED) is 0.891. The van der Waals surface area contributed by atoms with Crippen LogP contribution in [0.4, 0.5) is 0 Å². The van der Waals surface area contributed by atoms with E-state index < -0.39 is 0 Å². The molecule has 1 amide bonds. The zero-order valence-corrected chi connectivity index (χ0v) is 12.8. The van der Waals surface area contributed by atoms with Crippen molar-refractivity contribution in [3.63, 3.8) is 0 Å². The van der Waals surface area contributed by atoms with Gasteiger partial charge < -0.3 is 10.3 Å². The Morgan fingerprint density at radius 2 is 2.27 bits per heavy atom. The molecule has 4 nitrogen and oxygen atoms in total. The highest BCUT2D eigenvalue weighted by Gasteiger charge is 2.37. The summed E-state index contributed by atoms with van der Waals surface area (Å²) >= 11 is 0. The van der Waals surface area contributed by atoms with Crippen LogP contribution in [-0.2, 0) is 11.3 Å². The lowest BCUT2D eigenvalue weighted by Crippen LogP contribution is -2.35. The van der Waals surface area contributed by atoms with Gasteiger partial charge in [0.2, 0.25) is 5.91 Å². The number of H-pyrrole nitrogens is 1. The second kappa shape index (κ2) is 5.76. The Morgan fingerprint density at radius 3 is 3.09 bits per heavy atom. The van der Waals surface area contributed by atoms with E-state index in [2.05, 4.69) is 33.4 Å². The number of amides is 1. The lowest BCUT2D eigenvalue weighted by atomic mass is 10.1. The first-order valence-corrected chi connectivity index (χ1v) is 8.35. The molecule has 2 N–H and O–H groups in total. The number of hydrogen-bond acceptors (Lipinski definition) is 2. The Morgan fingerprint density at radius 1 is 1.32 bits per heavy atom. The molecular weight excluding hydrogens is 274 g/mol. The summed E-state index contributed by atoms with van der Waals surface area (Å²) in [5.41, 5.74) is 2.30. The van der Waals surface area contributed by atoms with Crippen LogP contribution >= 0.6 is 0 Å². The van der Waals surface area contributed by atoms with E-state index in [1.807, 2.05) is 12.3 Å². The summed E-state index contributed by atoms with van der Waals surface area (Å²) in [5.74, 6) is 1.06. The average molecular weight is 297 g/mol. The van der Waals surface area contributed by atoms with E-state index in [4.69, 9.17) is 0 Å². The van der Waals surface area contributed by atoms with Crippen LogP contribution in [0.15, 0.2) is 30.5 Å². The largest absolute Gasteiger partial charge is 0.361 e. The van der Waals surface area contributed by atoms with Crippen molar-refractivity contribution in [3.8, 4) is 0 Å². The van der Waals surface area contributed by atoms with Crippen LogP contribution in [0.2, 0.25) is 0 Å². The normalized spacial score (nSPS) is 24.2. The maximum Gasteiger partial charge on any atom is 0.221 e. The van der Waals surface area contributed by atoms with Gasteiger partial charge in [-0.2, -0.15) is 0 Å². The van der Waals surface area contributed by atoms with Crippen molar-refractivity contribution in [2.45, 2.75) is 38.3 Å². The fraction of sp³-hybridized carbons (Fsp3) is 0.500. The summed E-state index contributed by atoms with van der Waals surface area (Å²) < 4.78 is 0. The lowest BCUT2D eigenvalue weighted by molar-refractivity contribution is -0.121. The summed E-state index contributed by atoms with van der Waals surface area (Å²) in [5, 5.41) is 4.26. The molecular formula is C18H23N3O. The van der Waals surface area contributed by atoms with Gasteiger partial charge in [-0.05, 0) is 42.9 Å². The van der Waals surface area contributed by atoms with Gasteiger partial charge in [-0.3, -0.25) is 9.69 Å². The molecule has 0 unspecified atom stereocenters. The minimum atomic E-state index is 0.162. The fourth-order valence-corrected chi connectivity index (χ4v) is 4.13. The molecule has 1 aromatic carbocycles. The number of likely N-dealkylation sites (tertiary alicyclic amines) is 1. The number of aromatic nitrogens is 1. The molecule has 0 spiro atoms. The molecule has 1 saturated heterocycles. The third-order valence-corrected chi connectivity index (χ3v) is 5.31. The Hall–Kier alpha value is -1.81. The number of nitrogens with zero attached hydrogens (tertiary/aromatic N) is 1. The number of carbonyl (C=O) groups is 1. The van der Waals surface area contributed by atoms with Crippen molar-refractivity contribution in [2.75, 3.05) is 13.1 Å². The zero-order valence-electron chi connectivity index (χ0n) is 12.8. The van der Waals surface area contributed by atoms with Gasteiger partial charge in [0.1, 0.15) is 0 Å². The number of benzene rings is 1. The minimum Gasteiger partial charge on any atom is -0.361 e. The summed E-state index contributed by atoms with van der Waals surface area (Å²) in [6.07, 6.45) is 6.65. The van der Waals surface area contributed by atoms with Gasteiger partial charge in [0.25, 0.3) is 0 Å². The predicted molar refractivity (Wildman–Crippen MR) is 87.5 cm³/mol. The van der Waals surface area contributed by atoms with Crippen molar-refractivity contribution in [2.24, 2.45) is 5.92 Å². The van der Waals surface area contributed by atoms with E-state index in [1.54, 1.807) is 0 Å². The molecule has 116 valence electrons. The zero-order chi connectivity index (χ0) is 14.9. The SMILES string of the molecule is O=C(CCN1C[C@@H]2CC[C@H]1C2)NCc1cccc2[nH]ccc12. The Bertz CT molecular complexity index is 678. The van der Waals surface area contributed by atoms with Crippen molar-refractivity contribution in [1.82, 2.24) is 15.2 Å². The molecule has 1 saturated carbocycles. The van der Waals surface area contributed by atoms with Gasteiger partial charge >= 0.3 is 0 Å². The molecule has 2 bridgehead atoms. The van der Waals surface area contributed by atoms with Crippen LogP contribution in [0.3, 0.4) is 0 Å². The first-order valence-electron chi connectivity index (χ1n) is 8.35. The van der Waals surface area contributed by atoms with Gasteiger partial charge in [0, 0.05) is 49.2 Å². The van der Waals surface area contributed by atoms with Crippen molar-refractivity contribution in [3.05, 3.63) is 36.0 Å². The van der Waals surface area contributed by atoms with E-state index in [-0.39, 0.29) is 5.91 Å². The standard InChI is InChI=1S/C18H23N3O/c22-18(7-9-21-12-13-4-5-15(21)10-13)20-11-14-2-1-3-17-16(14)6-8-19-17/h1-3,6,8,13,15,19H,4-5,7,9-12H2,(H,20,22)/t13-,15+/m1/s1. The lowest BCUT2D eigenvalue weighted by Gasteiger charge is -2.26. The molecule has 4 rings (SSSR count). The van der Waals surface area contributed by atoms with Crippen LogP contribution in [0.25, 0.3) is 10.9 Å². The molecule has 0 radical (unpaired) electrons. The van der Waals surface area contributed by atoms with Gasteiger partial charge in [-0.1, -0.05) is 12.1 Å². The van der Waals surface area contributed by atoms with Crippen LogP contribution < -0.4 is 5.32 Å². The van der Waals surface area contributed by atoms with Crippen LogP contribution in [0.5, 0.6) is 0 Å². The van der Waals surface area contributed by atoms with E-state index in [0.29, 0.717) is 13.0 Å². The Labute approximate surface area is 130 Å². The maximum atomic E-state index is 12.1. The third-order valence-electron chi connectivity index (χ3n) is 5.31. The number of aromatic amines is 1. The molecule has 2 fully saturated rings. The predicted octanol–water partition coefficient (Wildman–Crippen LogP) is 2.66. The Kier molecular flexibility index (Phi) is 3.62. The molecule has 1 aliphatic carbocycles. The number of nitrogens with one attached hydrogen (secondary N) is 2. The Balaban J connectivity index is 1.28. The number of carbonyl (C=O) groups excluding carboxylic acids is 1. The maximum absolute atomic E-state index is 12.1. The van der Waals surface area contributed by atoms with Crippen LogP contribution in [0.1, 0.15) is 31.2 Å². The molecule has 22 heavy (non-hydrogen) atoms. The molecule has 2 aromatic rings. The fourth-order valence-electron chi connectivity index (χ4n) is 4.13. The van der Waals surface area contributed by atoms with Crippen LogP contribution in [-0.4, -0.2) is 34.9 Å². The monoisotopic (exact) mass is 297 g/mol. The second-order valence-corrected chi connectivity index (χ2v) is 6.71. The smallest absolute Gasteiger partial charge is 0.221 e. The van der Waals surface area contributed by atoms with Crippen molar-refractivity contribution < 1.29 is 4.79 Å². The highest BCUT2D eigenvalue weighted by atomic mass is 16.1. The molecule has 2 aliphatic rings. The molecule has 1 aromatic heterocycles. The number of fused-ring (bicyclic) bond motifs is 3. The van der Waals surface area contributed by atoms with Gasteiger partial charge in [-0.25, -0.2) is 0 Å². The van der Waals surface area contributed by atoms with Crippen molar-refractivity contribution >= 4 is 16.8 Å². The molecule has 2 heterocycles. The van der Waals surface area contributed by atoms with E-state index in [1.165, 1.54) is 36.8 Å². The first kappa shape index (κ1) is 13.8. The number of rotatable bonds is 5. The highest BCUT2D eigenvalue weighted by Crippen LogP contribution is 2.37. The molecule has 4 heteroatoms. The summed E-state index contributed by atoms with van der Waals surface area (Å²) in [6, 6.07) is 8.99. The number of hydrogen-bond donors (Lipinski definition) is 2.